The fourth-order valence-electron chi connectivity index (χ4n) is 5.62. The van der Waals surface area contributed by atoms with E-state index in [0.29, 0.717) is 51.7 Å². The number of nitrogens with one attached hydrogen (secondary N) is 1. The second-order valence-corrected chi connectivity index (χ2v) is 10.0. The summed E-state index contributed by atoms with van der Waals surface area (Å²) in [6.07, 6.45) is 9.70. The number of hydrogen-bond donors (Lipinski definition) is 2. The van der Waals surface area contributed by atoms with Gasteiger partial charge in [-0.05, 0) is 44.2 Å². The molecule has 7 nitrogen and oxygen atoms in total. The van der Waals surface area contributed by atoms with Gasteiger partial charge in [-0.3, -0.25) is 9.59 Å². The minimum absolute atomic E-state index is 0.0200. The maximum Gasteiger partial charge on any atom is 0.246 e. The average Bonchev–Trinajstić information content (AvgIpc) is 2.83. The van der Waals surface area contributed by atoms with Gasteiger partial charge in [0, 0.05) is 26.1 Å². The molecule has 0 radical (unpaired) electrons. The fourth-order valence-corrected chi connectivity index (χ4v) is 5.62. The van der Waals surface area contributed by atoms with Crippen molar-refractivity contribution >= 4 is 23.8 Å². The van der Waals surface area contributed by atoms with Crippen molar-refractivity contribution in [3.05, 3.63) is 30.3 Å². The molecule has 1 aromatic carbocycles. The number of nitrogens with zero attached hydrogens (tertiary/aromatic N) is 3. The molecule has 33 heavy (non-hydrogen) atoms. The topological polar surface area (TPSA) is 85.2 Å². The van der Waals surface area contributed by atoms with Gasteiger partial charge in [-0.25, -0.2) is 4.99 Å². The zero-order chi connectivity index (χ0) is 23.3. The number of amides is 2. The molecule has 7 heteroatoms. The molecule has 0 bridgehead atoms. The molecule has 2 aliphatic heterocycles. The summed E-state index contributed by atoms with van der Waals surface area (Å²) < 4.78 is 0. The van der Waals surface area contributed by atoms with Crippen molar-refractivity contribution in [3.8, 4) is 0 Å². The van der Waals surface area contributed by atoms with E-state index in [0.717, 1.165) is 37.8 Å². The highest BCUT2D eigenvalue weighted by Crippen LogP contribution is 2.37. The number of carbonyl (C=O) groups excluding carboxylic acids is 2. The molecule has 3 fully saturated rings. The maximum absolute atomic E-state index is 13.6. The second-order valence-electron chi connectivity index (χ2n) is 10.0. The Balaban J connectivity index is 1.46. The normalized spacial score (nSPS) is 25.0. The molecule has 180 valence electrons. The SMILES string of the molecule is CCCCN1C(=O)[C@@H](CC2(O)CCCCC2)NC(=O)C12CCN(C=Nc1ccccc1)CC2. The van der Waals surface area contributed by atoms with E-state index in [9.17, 15) is 14.7 Å². The number of benzene rings is 1. The number of carbonyl (C=O) groups is 2. The summed E-state index contributed by atoms with van der Waals surface area (Å²) >= 11 is 0. The third-order valence-corrected chi connectivity index (χ3v) is 7.66. The van der Waals surface area contributed by atoms with Crippen LogP contribution in [-0.4, -0.2) is 69.9 Å². The Morgan fingerprint density at radius 2 is 1.79 bits per heavy atom. The van der Waals surface area contributed by atoms with E-state index in [1.54, 1.807) is 0 Å². The molecule has 1 aromatic rings. The molecule has 1 spiro atoms. The van der Waals surface area contributed by atoms with Crippen molar-refractivity contribution in [1.82, 2.24) is 15.1 Å². The van der Waals surface area contributed by atoms with Gasteiger partial charge in [-0.15, -0.1) is 0 Å². The maximum atomic E-state index is 13.6. The Labute approximate surface area is 197 Å². The Morgan fingerprint density at radius 1 is 1.09 bits per heavy atom. The van der Waals surface area contributed by atoms with Crippen molar-refractivity contribution in [1.29, 1.82) is 0 Å². The van der Waals surface area contributed by atoms with Crippen molar-refractivity contribution in [2.75, 3.05) is 19.6 Å². The summed E-state index contributed by atoms with van der Waals surface area (Å²) in [5.41, 5.74) is -0.740. The van der Waals surface area contributed by atoms with E-state index >= 15 is 0 Å². The number of likely N-dealkylation sites (tertiary alicyclic amines) is 1. The van der Waals surface area contributed by atoms with Crippen LogP contribution in [0.2, 0.25) is 0 Å². The first kappa shape index (κ1) is 23.7. The lowest BCUT2D eigenvalue weighted by Gasteiger charge is -2.52. The van der Waals surface area contributed by atoms with E-state index in [1.165, 1.54) is 0 Å². The highest BCUT2D eigenvalue weighted by Gasteiger charge is 2.54. The number of unbranched alkanes of at least 4 members (excludes halogenated alkanes) is 1. The molecule has 4 rings (SSSR count). The lowest BCUT2D eigenvalue weighted by atomic mass is 9.77. The predicted octanol–water partition coefficient (Wildman–Crippen LogP) is 3.39. The van der Waals surface area contributed by atoms with Crippen LogP contribution in [0.3, 0.4) is 0 Å². The molecule has 3 aliphatic rings. The Morgan fingerprint density at radius 3 is 2.45 bits per heavy atom. The number of aliphatic hydroxyl groups is 1. The standard InChI is InChI=1S/C26H38N4O3/c1-2-3-16-30-23(31)22(19-25(33)12-8-5-9-13-25)28-24(32)26(30)14-17-29(18-15-26)20-27-21-10-6-4-7-11-21/h4,6-7,10-11,20,22,33H,2-3,5,8-9,12-19H2,1H3,(H,28,32)/t22-/m1/s1. The number of aliphatic imine (C=N–C) groups is 1. The molecule has 1 atom stereocenters. The van der Waals surface area contributed by atoms with Crippen molar-refractivity contribution in [3.63, 3.8) is 0 Å². The van der Waals surface area contributed by atoms with Crippen molar-refractivity contribution in [2.45, 2.75) is 88.3 Å². The van der Waals surface area contributed by atoms with Gasteiger partial charge in [0.15, 0.2) is 0 Å². The lowest BCUT2D eigenvalue weighted by molar-refractivity contribution is -0.163. The van der Waals surface area contributed by atoms with Gasteiger partial charge < -0.3 is 20.2 Å². The summed E-state index contributed by atoms with van der Waals surface area (Å²) in [5.74, 6) is -0.0734. The summed E-state index contributed by atoms with van der Waals surface area (Å²) in [5, 5.41) is 14.1. The fraction of sp³-hybridized carbons (Fsp3) is 0.654. The van der Waals surface area contributed by atoms with Crippen LogP contribution in [0.1, 0.15) is 71.1 Å². The largest absolute Gasteiger partial charge is 0.390 e. The molecular formula is C26H38N4O3. The summed E-state index contributed by atoms with van der Waals surface area (Å²) in [6, 6.07) is 9.18. The van der Waals surface area contributed by atoms with Crippen LogP contribution in [0, 0.1) is 0 Å². The molecule has 1 saturated carbocycles. The van der Waals surface area contributed by atoms with Crippen molar-refractivity contribution in [2.24, 2.45) is 4.99 Å². The Hall–Kier alpha value is -2.41. The molecule has 2 saturated heterocycles. The smallest absolute Gasteiger partial charge is 0.246 e. The highest BCUT2D eigenvalue weighted by molar-refractivity contribution is 6.00. The molecule has 0 aromatic heterocycles. The van der Waals surface area contributed by atoms with Crippen LogP contribution in [0.25, 0.3) is 0 Å². The summed E-state index contributed by atoms with van der Waals surface area (Å²) in [7, 11) is 0. The summed E-state index contributed by atoms with van der Waals surface area (Å²) in [6.45, 7) is 4.05. The minimum atomic E-state index is -0.843. The van der Waals surface area contributed by atoms with E-state index in [1.807, 2.05) is 41.6 Å². The van der Waals surface area contributed by atoms with E-state index < -0.39 is 17.2 Å². The average molecular weight is 455 g/mol. The summed E-state index contributed by atoms with van der Waals surface area (Å²) in [4.78, 5) is 35.6. The quantitative estimate of drug-likeness (QED) is 0.489. The number of para-hydroxylation sites is 1. The number of piperidine rings is 1. The van der Waals surface area contributed by atoms with Gasteiger partial charge in [0.1, 0.15) is 11.6 Å². The van der Waals surface area contributed by atoms with Gasteiger partial charge in [-0.2, -0.15) is 0 Å². The van der Waals surface area contributed by atoms with Crippen LogP contribution < -0.4 is 5.32 Å². The number of hydrogen-bond acceptors (Lipinski definition) is 4. The van der Waals surface area contributed by atoms with Gasteiger partial charge in [-0.1, -0.05) is 50.8 Å². The van der Waals surface area contributed by atoms with E-state index in [2.05, 4.69) is 22.1 Å². The zero-order valence-corrected chi connectivity index (χ0v) is 19.8. The van der Waals surface area contributed by atoms with Crippen LogP contribution in [0.4, 0.5) is 5.69 Å². The van der Waals surface area contributed by atoms with E-state index in [-0.39, 0.29) is 11.8 Å². The first-order valence-electron chi connectivity index (χ1n) is 12.6. The third-order valence-electron chi connectivity index (χ3n) is 7.66. The lowest BCUT2D eigenvalue weighted by Crippen LogP contribution is -2.73. The minimum Gasteiger partial charge on any atom is -0.390 e. The first-order valence-corrected chi connectivity index (χ1v) is 12.6. The predicted molar refractivity (Wildman–Crippen MR) is 129 cm³/mol. The molecule has 1 aliphatic carbocycles. The Bertz CT molecular complexity index is 842. The highest BCUT2D eigenvalue weighted by atomic mass is 16.3. The molecule has 2 amide bonds. The van der Waals surface area contributed by atoms with Gasteiger partial charge in [0.25, 0.3) is 0 Å². The van der Waals surface area contributed by atoms with Crippen LogP contribution in [-0.2, 0) is 9.59 Å². The monoisotopic (exact) mass is 454 g/mol. The zero-order valence-electron chi connectivity index (χ0n) is 19.8. The van der Waals surface area contributed by atoms with Crippen LogP contribution in [0.5, 0.6) is 0 Å². The third kappa shape index (κ3) is 5.24. The first-order chi connectivity index (χ1) is 16.0. The van der Waals surface area contributed by atoms with E-state index in [4.69, 9.17) is 0 Å². The Kier molecular flexibility index (Phi) is 7.37. The van der Waals surface area contributed by atoms with Gasteiger partial charge in [0.05, 0.1) is 17.6 Å². The van der Waals surface area contributed by atoms with Crippen LogP contribution >= 0.6 is 0 Å². The van der Waals surface area contributed by atoms with Crippen LogP contribution in [0.15, 0.2) is 35.3 Å². The molecule has 2 heterocycles. The number of rotatable bonds is 7. The molecular weight excluding hydrogens is 416 g/mol. The second kappa shape index (κ2) is 10.2. The van der Waals surface area contributed by atoms with Crippen molar-refractivity contribution < 1.29 is 14.7 Å². The number of piperazine rings is 1. The molecule has 0 unspecified atom stereocenters. The molecule has 2 N–H and O–H groups in total. The van der Waals surface area contributed by atoms with Gasteiger partial charge >= 0.3 is 0 Å². The van der Waals surface area contributed by atoms with Gasteiger partial charge in [0.2, 0.25) is 11.8 Å².